The number of pyridine rings is 1. The maximum Gasteiger partial charge on any atom is 0.387 e. The summed E-state index contributed by atoms with van der Waals surface area (Å²) in [7, 11) is -3.73. The third-order valence-corrected chi connectivity index (χ3v) is 10.9. The van der Waals surface area contributed by atoms with Crippen molar-refractivity contribution in [3.8, 4) is 11.5 Å². The molecule has 2 aromatic carbocycles. The number of alkyl halides is 2. The summed E-state index contributed by atoms with van der Waals surface area (Å²) in [5, 5.41) is 0.354. The van der Waals surface area contributed by atoms with Crippen LogP contribution >= 0.6 is 23.2 Å². The Morgan fingerprint density at radius 3 is 2.35 bits per heavy atom. The van der Waals surface area contributed by atoms with Crippen LogP contribution in [-0.4, -0.2) is 93.2 Å². The highest BCUT2D eigenvalue weighted by Gasteiger charge is 2.38. The van der Waals surface area contributed by atoms with Crippen molar-refractivity contribution < 1.29 is 45.8 Å². The zero-order chi connectivity index (χ0) is 37.2. The van der Waals surface area contributed by atoms with Gasteiger partial charge in [0, 0.05) is 31.9 Å². The second kappa shape index (κ2) is 15.9. The van der Waals surface area contributed by atoms with Crippen LogP contribution in [0.2, 0.25) is 10.0 Å². The van der Waals surface area contributed by atoms with Crippen LogP contribution in [0.15, 0.2) is 48.8 Å². The Labute approximate surface area is 309 Å². The van der Waals surface area contributed by atoms with E-state index in [-0.39, 0.29) is 63.8 Å². The molecule has 52 heavy (non-hydrogen) atoms. The molecule has 278 valence electrons. The van der Waals surface area contributed by atoms with Crippen LogP contribution < -0.4 is 13.8 Å². The van der Waals surface area contributed by atoms with Crippen LogP contribution in [0, 0.1) is 5.92 Å². The van der Waals surface area contributed by atoms with Gasteiger partial charge < -0.3 is 19.1 Å². The minimum atomic E-state index is -3.73. The molecule has 0 unspecified atom stereocenters. The lowest BCUT2D eigenvalue weighted by atomic mass is 10.0. The number of rotatable bonds is 16. The average Bonchev–Trinajstić information content (AvgIpc) is 3.72. The molecule has 1 saturated heterocycles. The normalized spacial score (nSPS) is 16.7. The quantitative estimate of drug-likeness (QED) is 0.130. The Morgan fingerprint density at radius 2 is 1.69 bits per heavy atom. The average molecular weight is 782 g/mol. The smallest absolute Gasteiger partial charge is 0.387 e. The summed E-state index contributed by atoms with van der Waals surface area (Å²) < 4.78 is 69.4. The van der Waals surface area contributed by atoms with Gasteiger partial charge in [-0.1, -0.05) is 29.3 Å². The fourth-order valence-corrected chi connectivity index (χ4v) is 7.63. The van der Waals surface area contributed by atoms with Crippen molar-refractivity contribution in [2.24, 2.45) is 5.92 Å². The summed E-state index contributed by atoms with van der Waals surface area (Å²) in [5.74, 6) is -2.44. The second-order valence-corrected chi connectivity index (χ2v) is 15.6. The monoisotopic (exact) mass is 780 g/mol. The van der Waals surface area contributed by atoms with Crippen LogP contribution in [0.4, 0.5) is 14.5 Å². The minimum Gasteiger partial charge on any atom is -0.489 e. The molecule has 0 radical (unpaired) electrons. The Bertz CT molecular complexity index is 1940. The van der Waals surface area contributed by atoms with Crippen LogP contribution in [0.1, 0.15) is 63.6 Å². The molecule has 6 rings (SSSR count). The van der Waals surface area contributed by atoms with Crippen molar-refractivity contribution in [3.05, 3.63) is 81.1 Å². The molecule has 2 fully saturated rings. The minimum absolute atomic E-state index is 0.00788. The number of amides is 2. The number of anilines is 1. The third kappa shape index (κ3) is 8.93. The molecule has 17 heteroatoms. The summed E-state index contributed by atoms with van der Waals surface area (Å²) in [6, 6.07) is 8.28. The van der Waals surface area contributed by atoms with E-state index in [1.807, 2.05) is 0 Å². The lowest BCUT2D eigenvalue weighted by Crippen LogP contribution is -2.37. The molecule has 1 saturated carbocycles. The van der Waals surface area contributed by atoms with Gasteiger partial charge in [-0.25, -0.2) is 8.42 Å². The maximum absolute atomic E-state index is 13.6. The number of benzene rings is 2. The van der Waals surface area contributed by atoms with Gasteiger partial charge in [-0.15, -0.1) is 0 Å². The highest BCUT2D eigenvalue weighted by atomic mass is 35.5. The number of fused-ring (bicyclic) bond motifs is 1. The van der Waals surface area contributed by atoms with Gasteiger partial charge in [0.05, 0.1) is 39.7 Å². The van der Waals surface area contributed by atoms with Crippen LogP contribution in [-0.2, 0) is 26.0 Å². The Kier molecular flexibility index (Phi) is 11.5. The molecule has 3 aliphatic rings. The van der Waals surface area contributed by atoms with E-state index >= 15 is 0 Å². The number of likely N-dealkylation sites (tertiary alicyclic amines) is 1. The third-order valence-electron chi connectivity index (χ3n) is 9.09. The summed E-state index contributed by atoms with van der Waals surface area (Å²) in [6.07, 6.45) is 6.51. The van der Waals surface area contributed by atoms with Crippen molar-refractivity contribution >= 4 is 56.7 Å². The summed E-state index contributed by atoms with van der Waals surface area (Å²) in [4.78, 5) is 47.3. The molecule has 2 amide bonds. The van der Waals surface area contributed by atoms with Gasteiger partial charge in [0.1, 0.15) is 12.6 Å². The Balaban J connectivity index is 1.23. The SMILES string of the molecule is CS(=O)(=O)N(CCN1CCCC1)c1ccc2c(c1)C(=O)N(CC(=O)O[C@@H](Cc1c(Cl)cncc1Cl)c1ccc(OC(F)F)c(OCC3CC3)c1)C2=O. The van der Waals surface area contributed by atoms with Gasteiger partial charge in [-0.05, 0) is 86.1 Å². The number of aromatic nitrogens is 1. The molecule has 0 bridgehead atoms. The number of esters is 1. The molecule has 0 spiro atoms. The first-order valence-corrected chi connectivity index (χ1v) is 19.3. The molecule has 2 aliphatic heterocycles. The first kappa shape index (κ1) is 37.7. The predicted octanol–water partition coefficient (Wildman–Crippen LogP) is 5.76. The molecular formula is C35H36Cl2F2N4O8S. The van der Waals surface area contributed by atoms with E-state index in [2.05, 4.69) is 14.6 Å². The molecule has 12 nitrogen and oxygen atoms in total. The largest absolute Gasteiger partial charge is 0.489 e. The molecule has 1 aliphatic carbocycles. The topological polar surface area (TPSA) is 136 Å². The molecule has 3 aromatic rings. The van der Waals surface area contributed by atoms with Crippen LogP contribution in [0.25, 0.3) is 0 Å². The standard InChI is InChI=1S/C35H36Cl2F2N4O8S/c1-52(47,48)43(13-12-41-10-2-3-11-41)23-7-8-24-25(15-23)34(46)42(33(24)45)19-32(44)50-30(16-26-27(36)17-40-18-28(26)37)22-6-9-29(51-35(38)39)31(14-22)49-20-21-4-5-21/h6-9,14-15,17-18,21,30,35H,2-5,10-13,16,19-20H2,1H3/t30-/m0/s1. The van der Waals surface area contributed by atoms with Gasteiger partial charge in [0.2, 0.25) is 10.0 Å². The fraction of sp³-hybridized carbons (Fsp3) is 0.429. The van der Waals surface area contributed by atoms with E-state index in [0.29, 0.717) is 17.7 Å². The van der Waals surface area contributed by atoms with E-state index in [0.717, 1.165) is 49.9 Å². The summed E-state index contributed by atoms with van der Waals surface area (Å²) in [6.45, 7) is -1.21. The lowest BCUT2D eigenvalue weighted by molar-refractivity contribution is -0.149. The first-order valence-electron chi connectivity index (χ1n) is 16.7. The van der Waals surface area contributed by atoms with E-state index in [1.54, 1.807) is 0 Å². The van der Waals surface area contributed by atoms with Crippen molar-refractivity contribution in [2.45, 2.75) is 44.8 Å². The second-order valence-electron chi connectivity index (χ2n) is 12.9. The van der Waals surface area contributed by atoms with Crippen molar-refractivity contribution in [3.63, 3.8) is 0 Å². The Hall–Kier alpha value is -4.05. The van der Waals surface area contributed by atoms with Crippen LogP contribution in [0.5, 0.6) is 11.5 Å². The number of halogens is 4. The van der Waals surface area contributed by atoms with Gasteiger partial charge in [-0.2, -0.15) is 8.78 Å². The van der Waals surface area contributed by atoms with E-state index < -0.39 is 47.1 Å². The van der Waals surface area contributed by atoms with Gasteiger partial charge in [0.25, 0.3) is 11.8 Å². The molecular weight excluding hydrogens is 745 g/mol. The number of hydrogen-bond donors (Lipinski definition) is 0. The highest BCUT2D eigenvalue weighted by molar-refractivity contribution is 7.92. The van der Waals surface area contributed by atoms with Gasteiger partial charge in [0.15, 0.2) is 11.5 Å². The lowest BCUT2D eigenvalue weighted by Gasteiger charge is -2.25. The number of nitrogens with zero attached hydrogens (tertiary/aromatic N) is 4. The van der Waals surface area contributed by atoms with E-state index in [4.69, 9.17) is 32.7 Å². The maximum atomic E-state index is 13.6. The highest BCUT2D eigenvalue weighted by Crippen LogP contribution is 2.38. The van der Waals surface area contributed by atoms with E-state index in [9.17, 15) is 31.6 Å². The Morgan fingerprint density at radius 1 is 1.00 bits per heavy atom. The van der Waals surface area contributed by atoms with E-state index in [1.165, 1.54) is 53.1 Å². The van der Waals surface area contributed by atoms with Gasteiger partial charge >= 0.3 is 12.6 Å². The van der Waals surface area contributed by atoms with Crippen molar-refractivity contribution in [2.75, 3.05) is 49.9 Å². The number of sulfonamides is 1. The number of ether oxygens (including phenoxy) is 3. The molecule has 3 heterocycles. The summed E-state index contributed by atoms with van der Waals surface area (Å²) in [5.41, 5.74) is 0.859. The summed E-state index contributed by atoms with van der Waals surface area (Å²) >= 11 is 12.8. The number of carbonyl (C=O) groups is 3. The zero-order valence-corrected chi connectivity index (χ0v) is 30.4. The molecule has 1 aromatic heterocycles. The fourth-order valence-electron chi connectivity index (χ4n) is 6.20. The molecule has 1 atom stereocenters. The van der Waals surface area contributed by atoms with Gasteiger partial charge in [-0.3, -0.25) is 28.6 Å². The van der Waals surface area contributed by atoms with Crippen molar-refractivity contribution in [1.29, 1.82) is 0 Å². The zero-order valence-electron chi connectivity index (χ0n) is 28.1. The molecule has 0 N–H and O–H groups in total. The van der Waals surface area contributed by atoms with Crippen molar-refractivity contribution in [1.82, 2.24) is 14.8 Å². The first-order chi connectivity index (χ1) is 24.8. The number of hydrogen-bond acceptors (Lipinski definition) is 10. The van der Waals surface area contributed by atoms with Crippen LogP contribution in [0.3, 0.4) is 0 Å². The number of carbonyl (C=O) groups excluding carboxylic acids is 3. The number of imide groups is 1. The predicted molar refractivity (Wildman–Crippen MR) is 188 cm³/mol.